The first-order valence-electron chi connectivity index (χ1n) is 8.77. The van der Waals surface area contributed by atoms with Crippen LogP contribution in [0.5, 0.6) is 5.75 Å². The summed E-state index contributed by atoms with van der Waals surface area (Å²) in [5.41, 5.74) is 2.94. The van der Waals surface area contributed by atoms with Gasteiger partial charge in [0.05, 0.1) is 10.6 Å². The third-order valence-corrected chi connectivity index (χ3v) is 4.50. The molecule has 0 spiro atoms. The van der Waals surface area contributed by atoms with Crippen molar-refractivity contribution in [1.82, 2.24) is 5.48 Å². The highest BCUT2D eigenvalue weighted by atomic mass is 35.5. The molecule has 30 heavy (non-hydrogen) atoms. The van der Waals surface area contributed by atoms with Crippen LogP contribution in [0, 0.1) is 0 Å². The average Bonchev–Trinajstić information content (AvgIpc) is 3.20. The van der Waals surface area contributed by atoms with Crippen molar-refractivity contribution in [3.05, 3.63) is 88.5 Å². The lowest BCUT2D eigenvalue weighted by molar-refractivity contribution is -0.137. The number of hydrogen-bond donors (Lipinski definition) is 1. The Labute approximate surface area is 175 Å². The summed E-state index contributed by atoms with van der Waals surface area (Å²) in [5.74, 6) is 0.394. The van der Waals surface area contributed by atoms with Crippen LogP contribution in [0.1, 0.15) is 34.8 Å². The molecule has 0 saturated carbocycles. The van der Waals surface area contributed by atoms with Crippen LogP contribution < -0.4 is 10.2 Å². The van der Waals surface area contributed by atoms with Gasteiger partial charge in [-0.2, -0.15) is 18.2 Å². The number of benzene rings is 2. The Morgan fingerprint density at radius 2 is 1.97 bits per heavy atom. The number of ketones is 1. The van der Waals surface area contributed by atoms with E-state index in [0.29, 0.717) is 28.9 Å². The van der Waals surface area contributed by atoms with Crippen LogP contribution in [0.25, 0.3) is 0 Å². The fourth-order valence-electron chi connectivity index (χ4n) is 2.47. The first-order valence-corrected chi connectivity index (χ1v) is 9.15. The van der Waals surface area contributed by atoms with Gasteiger partial charge in [-0.15, -0.1) is 0 Å². The van der Waals surface area contributed by atoms with Crippen molar-refractivity contribution in [2.75, 3.05) is 0 Å². The fourth-order valence-corrected chi connectivity index (χ4v) is 2.73. The molecule has 2 aromatic rings. The van der Waals surface area contributed by atoms with E-state index in [0.717, 1.165) is 12.1 Å². The summed E-state index contributed by atoms with van der Waals surface area (Å²) in [6.07, 6.45) is -2.70. The number of amidine groups is 1. The maximum absolute atomic E-state index is 12.6. The topological polar surface area (TPSA) is 59.9 Å². The van der Waals surface area contributed by atoms with Gasteiger partial charge >= 0.3 is 6.18 Å². The number of hydrogen-bond acceptors (Lipinski definition) is 5. The largest absolute Gasteiger partial charge is 0.459 e. The number of carbonyl (C=O) groups is 1. The summed E-state index contributed by atoms with van der Waals surface area (Å²) in [7, 11) is 0. The summed E-state index contributed by atoms with van der Waals surface area (Å²) >= 11 is 6.15. The second-order valence-corrected chi connectivity index (χ2v) is 6.65. The molecule has 156 valence electrons. The Hall–Kier alpha value is -3.26. The second-order valence-electron chi connectivity index (χ2n) is 6.24. The molecule has 1 aliphatic heterocycles. The predicted molar refractivity (Wildman–Crippen MR) is 106 cm³/mol. The van der Waals surface area contributed by atoms with Gasteiger partial charge in [-0.25, -0.2) is 5.48 Å². The minimum Gasteiger partial charge on any atom is -0.459 e. The Balaban J connectivity index is 1.70. The van der Waals surface area contributed by atoms with E-state index >= 15 is 0 Å². The molecule has 1 heterocycles. The zero-order chi connectivity index (χ0) is 21.9. The number of nitrogens with zero attached hydrogens (tertiary/aromatic N) is 1. The number of alkyl halides is 3. The highest BCUT2D eigenvalue weighted by Gasteiger charge is 2.30. The number of halogens is 4. The number of aliphatic imine (C=N–C) groups is 1. The molecule has 9 heteroatoms. The van der Waals surface area contributed by atoms with E-state index < -0.39 is 11.7 Å². The van der Waals surface area contributed by atoms with Crippen LogP contribution >= 0.6 is 11.6 Å². The third-order valence-electron chi connectivity index (χ3n) is 4.19. The first-order chi connectivity index (χ1) is 14.2. The Kier molecular flexibility index (Phi) is 6.17. The number of carbonyl (C=O) groups excluding carboxylic acids is 1. The van der Waals surface area contributed by atoms with Crippen molar-refractivity contribution < 1.29 is 27.5 Å². The number of nitrogens with one attached hydrogen (secondary N) is 1. The fraction of sp³-hybridized carbons (Fsp3) is 0.143. The van der Waals surface area contributed by atoms with Crippen LogP contribution in [-0.2, 0) is 11.0 Å². The second kappa shape index (κ2) is 8.62. The standard InChI is InChI=1S/C21H16ClF3N2O3/c1-3-12(2)19(28)16-9-8-15(10-17(16)22)29-11-18-26-20(27-30-18)13-4-6-14(7-5-13)21(23,24)25/h4-11H,2-3H2,1H3,(H,26,27). The van der Waals surface area contributed by atoms with Gasteiger partial charge in [0, 0.05) is 17.2 Å². The molecule has 0 fully saturated rings. The van der Waals surface area contributed by atoms with Crippen molar-refractivity contribution in [1.29, 1.82) is 0 Å². The molecular formula is C21H16ClF3N2O3. The summed E-state index contributed by atoms with van der Waals surface area (Å²) in [6.45, 7) is 5.53. The molecule has 0 radical (unpaired) electrons. The summed E-state index contributed by atoms with van der Waals surface area (Å²) < 4.78 is 43.4. The maximum atomic E-state index is 12.6. The van der Waals surface area contributed by atoms with Crippen LogP contribution in [0.4, 0.5) is 13.2 Å². The van der Waals surface area contributed by atoms with Crippen LogP contribution in [0.15, 0.2) is 71.8 Å². The maximum Gasteiger partial charge on any atom is 0.416 e. The van der Waals surface area contributed by atoms with Crippen LogP contribution in [-0.4, -0.2) is 11.6 Å². The van der Waals surface area contributed by atoms with Gasteiger partial charge in [0.15, 0.2) is 17.9 Å². The molecule has 1 aliphatic rings. The monoisotopic (exact) mass is 436 g/mol. The molecular weight excluding hydrogens is 421 g/mol. The SMILES string of the molecule is C=C(CC)C(=O)c1ccc(OC=C2N=C(c3ccc(C(F)(F)F)cc3)NO2)cc1Cl. The number of hydroxylamine groups is 1. The molecule has 0 aliphatic carbocycles. The van der Waals surface area contributed by atoms with E-state index in [1.54, 1.807) is 6.07 Å². The van der Waals surface area contributed by atoms with E-state index in [4.69, 9.17) is 21.2 Å². The quantitative estimate of drug-likeness (QED) is 0.360. The highest BCUT2D eigenvalue weighted by molar-refractivity contribution is 6.35. The normalized spacial score (nSPS) is 14.7. The molecule has 5 nitrogen and oxygen atoms in total. The predicted octanol–water partition coefficient (Wildman–Crippen LogP) is 5.67. The molecule has 0 unspecified atom stereocenters. The van der Waals surface area contributed by atoms with E-state index in [1.165, 1.54) is 30.5 Å². The minimum atomic E-state index is -4.41. The Morgan fingerprint density at radius 1 is 1.27 bits per heavy atom. The van der Waals surface area contributed by atoms with Gasteiger partial charge in [0.2, 0.25) is 0 Å². The third kappa shape index (κ3) is 4.83. The Morgan fingerprint density at radius 3 is 2.57 bits per heavy atom. The molecule has 1 N–H and O–H groups in total. The van der Waals surface area contributed by atoms with Gasteiger partial charge in [-0.05, 0) is 36.3 Å². The molecule has 3 rings (SSSR count). The molecule has 0 atom stereocenters. The molecule has 0 bridgehead atoms. The van der Waals surface area contributed by atoms with E-state index in [9.17, 15) is 18.0 Å². The number of ether oxygens (including phenoxy) is 1. The zero-order valence-corrected chi connectivity index (χ0v) is 16.5. The van der Waals surface area contributed by atoms with Gasteiger partial charge in [0.1, 0.15) is 5.75 Å². The lowest BCUT2D eigenvalue weighted by Gasteiger charge is -2.07. The first kappa shape index (κ1) is 21.4. The molecule has 0 aromatic heterocycles. The lowest BCUT2D eigenvalue weighted by Crippen LogP contribution is -2.17. The number of rotatable bonds is 6. The molecule has 2 aromatic carbocycles. The highest BCUT2D eigenvalue weighted by Crippen LogP contribution is 2.29. The lowest BCUT2D eigenvalue weighted by atomic mass is 10.0. The summed E-state index contributed by atoms with van der Waals surface area (Å²) in [5, 5.41) is 0.213. The molecule has 0 saturated heterocycles. The Bertz CT molecular complexity index is 1040. The van der Waals surface area contributed by atoms with E-state index in [1.807, 2.05) is 6.92 Å². The summed E-state index contributed by atoms with van der Waals surface area (Å²) in [6, 6.07) is 9.03. The zero-order valence-electron chi connectivity index (χ0n) is 15.7. The number of Topliss-reactive ketones (excluding diaryl/α,β-unsaturated/α-hetero) is 1. The van der Waals surface area contributed by atoms with Crippen LogP contribution in [0.3, 0.4) is 0 Å². The van der Waals surface area contributed by atoms with Crippen molar-refractivity contribution in [2.24, 2.45) is 4.99 Å². The van der Waals surface area contributed by atoms with Crippen molar-refractivity contribution >= 4 is 23.2 Å². The van der Waals surface area contributed by atoms with Crippen LogP contribution in [0.2, 0.25) is 5.02 Å². The average molecular weight is 437 g/mol. The van der Waals surface area contributed by atoms with Gasteiger partial charge in [-0.3, -0.25) is 4.79 Å². The van der Waals surface area contributed by atoms with E-state index in [-0.39, 0.29) is 22.5 Å². The van der Waals surface area contributed by atoms with Gasteiger partial charge < -0.3 is 9.57 Å². The van der Waals surface area contributed by atoms with Crippen molar-refractivity contribution in [3.8, 4) is 5.75 Å². The summed E-state index contributed by atoms with van der Waals surface area (Å²) in [4.78, 5) is 21.4. The molecule has 0 amide bonds. The minimum absolute atomic E-state index is 0.0561. The number of allylic oxidation sites excluding steroid dienone is 1. The smallest absolute Gasteiger partial charge is 0.416 e. The van der Waals surface area contributed by atoms with Gasteiger partial charge in [0.25, 0.3) is 5.88 Å². The van der Waals surface area contributed by atoms with Gasteiger partial charge in [-0.1, -0.05) is 37.2 Å². The van der Waals surface area contributed by atoms with Crippen molar-refractivity contribution in [2.45, 2.75) is 19.5 Å². The van der Waals surface area contributed by atoms with Crippen molar-refractivity contribution in [3.63, 3.8) is 0 Å². The van der Waals surface area contributed by atoms with E-state index in [2.05, 4.69) is 17.1 Å².